The highest BCUT2D eigenvalue weighted by molar-refractivity contribution is 6.12. The van der Waals surface area contributed by atoms with E-state index in [0.29, 0.717) is 0 Å². The Labute approximate surface area is 161 Å². The van der Waals surface area contributed by atoms with Gasteiger partial charge in [-0.3, -0.25) is 19.2 Å². The van der Waals surface area contributed by atoms with Crippen LogP contribution < -0.4 is 21.3 Å². The number of ether oxygens (including phenoxy) is 1. The van der Waals surface area contributed by atoms with Gasteiger partial charge in [0.15, 0.2) is 6.04 Å². The highest BCUT2D eigenvalue weighted by Crippen LogP contribution is 2.32. The van der Waals surface area contributed by atoms with Gasteiger partial charge in [0.1, 0.15) is 6.61 Å². The lowest BCUT2D eigenvalue weighted by molar-refractivity contribution is -0.138. The molecule has 4 N–H and O–H groups in total. The molecule has 4 amide bonds. The zero-order valence-corrected chi connectivity index (χ0v) is 14.7. The van der Waals surface area contributed by atoms with Gasteiger partial charge in [0, 0.05) is 23.5 Å². The molecule has 9 nitrogen and oxygen atoms in total. The predicted molar refractivity (Wildman–Crippen MR) is 90.3 cm³/mol. The number of hydrogen-bond acceptors (Lipinski definition) is 5. The zero-order valence-electron chi connectivity index (χ0n) is 14.7. The highest BCUT2D eigenvalue weighted by Gasteiger charge is 2.31. The van der Waals surface area contributed by atoms with Crippen LogP contribution in [0.5, 0.6) is 0 Å². The first kappa shape index (κ1) is 22.1. The van der Waals surface area contributed by atoms with Gasteiger partial charge in [0.25, 0.3) is 24.1 Å². The second-order valence-electron chi connectivity index (χ2n) is 5.80. The number of primary amides is 1. The van der Waals surface area contributed by atoms with E-state index in [1.54, 1.807) is 0 Å². The minimum atomic E-state index is -3.52. The molecule has 1 aliphatic heterocycles. The molecule has 1 aromatic rings. The maximum absolute atomic E-state index is 13.5. The topological polar surface area (TPSA) is 131 Å². The first-order valence-corrected chi connectivity index (χ1v) is 8.10. The van der Waals surface area contributed by atoms with Crippen molar-refractivity contribution in [2.75, 3.05) is 30.0 Å². The molecule has 1 atom stereocenters. The molecule has 29 heavy (non-hydrogen) atoms. The Bertz CT molecular complexity index is 820. The molecule has 1 aromatic carbocycles. The van der Waals surface area contributed by atoms with E-state index in [2.05, 4.69) is 0 Å². The highest BCUT2D eigenvalue weighted by atomic mass is 19.3. The Balaban J connectivity index is 2.26. The van der Waals surface area contributed by atoms with Crippen molar-refractivity contribution < 1.29 is 41.5 Å². The fourth-order valence-electron chi connectivity index (χ4n) is 2.48. The van der Waals surface area contributed by atoms with Crippen LogP contribution in [0, 0.1) is 0 Å². The average Bonchev–Trinajstić information content (AvgIpc) is 2.66. The normalized spacial score (nSPS) is 15.4. The van der Waals surface area contributed by atoms with Gasteiger partial charge in [-0.1, -0.05) is 0 Å². The molecule has 1 fully saturated rings. The Morgan fingerprint density at radius 1 is 1.14 bits per heavy atom. The standard InChI is InChI=1S/C16H16F4N4O5/c17-12(18)8-5-7(24-3-4-29-6-10(24)25)1-2-9(8)22-15(27)11(14(21)26)23-16(28)13(19)20/h1-2,5,11-13H,3-4,6H2,(H2,21,26)(H,22,27)(H,23,28)/t11-/m0/s1. The van der Waals surface area contributed by atoms with Crippen molar-refractivity contribution in [3.05, 3.63) is 23.8 Å². The molecule has 0 unspecified atom stereocenters. The fourth-order valence-corrected chi connectivity index (χ4v) is 2.48. The summed E-state index contributed by atoms with van der Waals surface area (Å²) in [6.07, 6.45) is -6.62. The summed E-state index contributed by atoms with van der Waals surface area (Å²) in [4.78, 5) is 47.5. The number of amides is 4. The number of carbonyl (C=O) groups excluding carboxylic acids is 4. The van der Waals surface area contributed by atoms with Crippen molar-refractivity contribution in [2.24, 2.45) is 5.73 Å². The van der Waals surface area contributed by atoms with E-state index in [1.165, 1.54) is 16.3 Å². The number of rotatable bonds is 7. The van der Waals surface area contributed by atoms with Crippen molar-refractivity contribution in [3.8, 4) is 0 Å². The van der Waals surface area contributed by atoms with Crippen LogP contribution in [-0.4, -0.2) is 55.9 Å². The number of hydrogen-bond donors (Lipinski definition) is 3. The van der Waals surface area contributed by atoms with Crippen LogP contribution in [0.25, 0.3) is 0 Å². The van der Waals surface area contributed by atoms with Crippen LogP contribution in [0.4, 0.5) is 28.9 Å². The van der Waals surface area contributed by atoms with E-state index in [4.69, 9.17) is 10.5 Å². The van der Waals surface area contributed by atoms with Gasteiger partial charge in [0.2, 0.25) is 5.91 Å². The molecule has 0 bridgehead atoms. The Morgan fingerprint density at radius 3 is 2.38 bits per heavy atom. The van der Waals surface area contributed by atoms with Gasteiger partial charge in [-0.2, -0.15) is 8.78 Å². The number of morpholine rings is 1. The van der Waals surface area contributed by atoms with Crippen LogP contribution in [-0.2, 0) is 23.9 Å². The number of carbonyl (C=O) groups is 4. The van der Waals surface area contributed by atoms with Crippen molar-refractivity contribution in [1.82, 2.24) is 5.32 Å². The van der Waals surface area contributed by atoms with E-state index < -0.39 is 53.8 Å². The monoisotopic (exact) mass is 420 g/mol. The maximum Gasteiger partial charge on any atom is 0.315 e. The van der Waals surface area contributed by atoms with Gasteiger partial charge in [0.05, 0.1) is 6.61 Å². The van der Waals surface area contributed by atoms with E-state index in [1.807, 2.05) is 5.32 Å². The summed E-state index contributed by atoms with van der Waals surface area (Å²) in [5, 5.41) is 3.38. The summed E-state index contributed by atoms with van der Waals surface area (Å²) >= 11 is 0. The van der Waals surface area contributed by atoms with Gasteiger partial charge in [-0.05, 0) is 18.2 Å². The van der Waals surface area contributed by atoms with Crippen molar-refractivity contribution in [1.29, 1.82) is 0 Å². The van der Waals surface area contributed by atoms with E-state index in [0.717, 1.165) is 12.1 Å². The van der Waals surface area contributed by atoms with Gasteiger partial charge >= 0.3 is 6.43 Å². The molecular formula is C16H16F4N4O5. The minimum Gasteiger partial charge on any atom is -0.370 e. The van der Waals surface area contributed by atoms with E-state index in [9.17, 15) is 36.7 Å². The number of halogens is 4. The minimum absolute atomic E-state index is 0.129. The van der Waals surface area contributed by atoms with E-state index in [-0.39, 0.29) is 25.4 Å². The molecule has 13 heteroatoms. The lowest BCUT2D eigenvalue weighted by atomic mass is 10.1. The van der Waals surface area contributed by atoms with Gasteiger partial charge in [-0.15, -0.1) is 0 Å². The average molecular weight is 420 g/mol. The molecule has 158 valence electrons. The molecule has 2 rings (SSSR count). The molecule has 0 spiro atoms. The van der Waals surface area contributed by atoms with Crippen LogP contribution in [0.2, 0.25) is 0 Å². The molecule has 0 radical (unpaired) electrons. The molecular weight excluding hydrogens is 404 g/mol. The second kappa shape index (κ2) is 9.32. The third-order valence-electron chi connectivity index (χ3n) is 3.86. The zero-order chi connectivity index (χ0) is 21.7. The van der Waals surface area contributed by atoms with Crippen molar-refractivity contribution in [2.45, 2.75) is 18.9 Å². The summed E-state index contributed by atoms with van der Waals surface area (Å²) in [5.41, 5.74) is 3.89. The first-order valence-electron chi connectivity index (χ1n) is 8.10. The number of nitrogens with one attached hydrogen (secondary N) is 2. The SMILES string of the molecule is NC(=O)[C@H](NC(=O)C(F)F)C(=O)Nc1ccc(N2CCOCC2=O)cc1C(F)F. The lowest BCUT2D eigenvalue weighted by Gasteiger charge is -2.27. The maximum atomic E-state index is 13.5. The summed E-state index contributed by atoms with van der Waals surface area (Å²) in [7, 11) is 0. The molecule has 0 aliphatic carbocycles. The molecule has 1 saturated heterocycles. The van der Waals surface area contributed by atoms with Gasteiger partial charge in [-0.25, -0.2) is 8.78 Å². The second-order valence-corrected chi connectivity index (χ2v) is 5.80. The van der Waals surface area contributed by atoms with Crippen LogP contribution in [0.1, 0.15) is 12.0 Å². The number of benzene rings is 1. The number of nitrogens with two attached hydrogens (primary N) is 1. The lowest BCUT2D eigenvalue weighted by Crippen LogP contribution is -2.53. The van der Waals surface area contributed by atoms with Crippen LogP contribution in [0.3, 0.4) is 0 Å². The number of alkyl halides is 4. The third kappa shape index (κ3) is 5.40. The van der Waals surface area contributed by atoms with Crippen LogP contribution >= 0.6 is 0 Å². The van der Waals surface area contributed by atoms with Gasteiger partial charge < -0.3 is 26.0 Å². The largest absolute Gasteiger partial charge is 0.370 e. The van der Waals surface area contributed by atoms with E-state index >= 15 is 0 Å². The number of anilines is 2. The fraction of sp³-hybridized carbons (Fsp3) is 0.375. The summed E-state index contributed by atoms with van der Waals surface area (Å²) in [6, 6.07) is 1.06. The quantitative estimate of drug-likeness (QED) is 0.427. The molecule has 0 aromatic heterocycles. The van der Waals surface area contributed by atoms with Crippen molar-refractivity contribution in [3.63, 3.8) is 0 Å². The Morgan fingerprint density at radius 2 is 1.83 bits per heavy atom. The molecule has 1 heterocycles. The molecule has 0 saturated carbocycles. The van der Waals surface area contributed by atoms with Crippen molar-refractivity contribution >= 4 is 35.0 Å². The summed E-state index contributed by atoms with van der Waals surface area (Å²) < 4.78 is 56.5. The smallest absolute Gasteiger partial charge is 0.315 e. The third-order valence-corrected chi connectivity index (χ3v) is 3.86. The summed E-state index contributed by atoms with van der Waals surface area (Å²) in [6.45, 7) is 0.127. The first-order chi connectivity index (χ1) is 13.6. The number of nitrogens with zero attached hydrogens (tertiary/aromatic N) is 1. The molecule has 1 aliphatic rings. The Kier molecular flexibility index (Phi) is 7.09. The predicted octanol–water partition coefficient (Wildman–Crippen LogP) is 0.161. The summed E-state index contributed by atoms with van der Waals surface area (Å²) in [5.74, 6) is -5.23. The Hall–Kier alpha value is -3.22. The van der Waals surface area contributed by atoms with Crippen LogP contribution in [0.15, 0.2) is 18.2 Å².